The quantitative estimate of drug-likeness (QED) is 0.784. The number of anilines is 1. The zero-order chi connectivity index (χ0) is 16.1. The van der Waals surface area contributed by atoms with E-state index in [1.165, 1.54) is 0 Å². The third kappa shape index (κ3) is 3.40. The topological polar surface area (TPSA) is 56.1 Å². The molecule has 116 valence electrons. The average Bonchev–Trinajstić information content (AvgIpc) is 3.11. The van der Waals surface area contributed by atoms with E-state index in [1.807, 2.05) is 54.1 Å². The molecule has 5 heteroatoms. The highest BCUT2D eigenvalue weighted by atomic mass is 16.5. The summed E-state index contributed by atoms with van der Waals surface area (Å²) in [4.78, 5) is 16.4. The highest BCUT2D eigenvalue weighted by Gasteiger charge is 2.12. The molecule has 0 atom stereocenters. The second-order valence-corrected chi connectivity index (χ2v) is 4.90. The molecule has 1 N–H and O–H groups in total. The van der Waals surface area contributed by atoms with Gasteiger partial charge in [-0.25, -0.2) is 4.98 Å². The zero-order valence-electron chi connectivity index (χ0n) is 12.8. The minimum absolute atomic E-state index is 0.190. The molecule has 1 amide bonds. The number of ether oxygens (including phenoxy) is 1. The summed E-state index contributed by atoms with van der Waals surface area (Å²) in [6.45, 7) is 2.41. The fourth-order valence-electron chi connectivity index (χ4n) is 2.26. The Labute approximate surface area is 134 Å². The van der Waals surface area contributed by atoms with Crippen molar-refractivity contribution in [1.82, 2.24) is 9.55 Å². The van der Waals surface area contributed by atoms with Crippen molar-refractivity contribution >= 4 is 11.6 Å². The Bertz CT molecular complexity index is 780. The number of nitrogens with one attached hydrogen (secondary N) is 1. The Morgan fingerprint density at radius 3 is 2.65 bits per heavy atom. The first-order valence-corrected chi connectivity index (χ1v) is 7.39. The normalized spacial score (nSPS) is 10.3. The first-order valence-electron chi connectivity index (χ1n) is 7.39. The number of amides is 1. The molecule has 0 saturated carbocycles. The maximum Gasteiger partial charge on any atom is 0.259 e. The summed E-state index contributed by atoms with van der Waals surface area (Å²) < 4.78 is 7.39. The van der Waals surface area contributed by atoms with E-state index in [9.17, 15) is 4.79 Å². The molecule has 0 radical (unpaired) electrons. The predicted molar refractivity (Wildman–Crippen MR) is 89.1 cm³/mol. The van der Waals surface area contributed by atoms with Crippen molar-refractivity contribution in [3.05, 3.63) is 72.8 Å². The number of rotatable bonds is 5. The number of benzene rings is 2. The van der Waals surface area contributed by atoms with E-state index in [0.29, 0.717) is 17.9 Å². The third-order valence-electron chi connectivity index (χ3n) is 3.36. The third-order valence-corrected chi connectivity index (χ3v) is 3.36. The second kappa shape index (κ2) is 6.79. The van der Waals surface area contributed by atoms with E-state index in [-0.39, 0.29) is 5.91 Å². The smallest absolute Gasteiger partial charge is 0.259 e. The summed E-state index contributed by atoms with van der Waals surface area (Å²) >= 11 is 0. The molecule has 3 rings (SSSR count). The van der Waals surface area contributed by atoms with Crippen LogP contribution in [0.4, 0.5) is 5.69 Å². The molecular formula is C18H17N3O2. The molecule has 23 heavy (non-hydrogen) atoms. The standard InChI is InChI=1S/C18H17N3O2/c1-2-23-17-6-4-3-5-16(17)18(22)20-14-7-9-15(10-8-14)21-12-11-19-13-21/h3-13H,2H2,1H3,(H,20,22). The van der Waals surface area contributed by atoms with Crippen LogP contribution in [0.1, 0.15) is 17.3 Å². The number of hydrogen-bond acceptors (Lipinski definition) is 3. The van der Waals surface area contributed by atoms with Crippen LogP contribution in [-0.4, -0.2) is 22.1 Å². The van der Waals surface area contributed by atoms with Gasteiger partial charge in [-0.15, -0.1) is 0 Å². The average molecular weight is 307 g/mol. The van der Waals surface area contributed by atoms with E-state index in [1.54, 1.807) is 24.7 Å². The van der Waals surface area contributed by atoms with Crippen LogP contribution in [0.5, 0.6) is 5.75 Å². The van der Waals surface area contributed by atoms with E-state index in [2.05, 4.69) is 10.3 Å². The second-order valence-electron chi connectivity index (χ2n) is 4.90. The first-order chi connectivity index (χ1) is 11.3. The lowest BCUT2D eigenvalue weighted by Crippen LogP contribution is -2.13. The molecule has 3 aromatic rings. The van der Waals surface area contributed by atoms with E-state index in [4.69, 9.17) is 4.74 Å². The monoisotopic (exact) mass is 307 g/mol. The molecule has 5 nitrogen and oxygen atoms in total. The van der Waals surface area contributed by atoms with Gasteiger partial charge >= 0.3 is 0 Å². The molecule has 1 aromatic heterocycles. The Hall–Kier alpha value is -3.08. The zero-order valence-corrected chi connectivity index (χ0v) is 12.8. The van der Waals surface area contributed by atoms with Gasteiger partial charge in [-0.1, -0.05) is 12.1 Å². The molecule has 1 heterocycles. The van der Waals surface area contributed by atoms with E-state index >= 15 is 0 Å². The molecule has 0 unspecified atom stereocenters. The molecule has 0 aliphatic carbocycles. The van der Waals surface area contributed by atoms with Gasteiger partial charge in [0.05, 0.1) is 18.5 Å². The maximum atomic E-state index is 12.4. The van der Waals surface area contributed by atoms with Crippen molar-refractivity contribution in [2.45, 2.75) is 6.92 Å². The molecule has 0 aliphatic rings. The molecular weight excluding hydrogens is 290 g/mol. The summed E-state index contributed by atoms with van der Waals surface area (Å²) in [5, 5.41) is 2.89. The number of para-hydroxylation sites is 1. The Balaban J connectivity index is 1.75. The summed E-state index contributed by atoms with van der Waals surface area (Å²) in [6, 6.07) is 14.8. The van der Waals surface area contributed by atoms with Gasteiger partial charge in [0.1, 0.15) is 5.75 Å². The Kier molecular flexibility index (Phi) is 4.38. The van der Waals surface area contributed by atoms with Crippen molar-refractivity contribution in [2.24, 2.45) is 0 Å². The van der Waals surface area contributed by atoms with Crippen molar-refractivity contribution in [3.63, 3.8) is 0 Å². The molecule has 0 saturated heterocycles. The van der Waals surface area contributed by atoms with Crippen LogP contribution in [0.25, 0.3) is 5.69 Å². The largest absolute Gasteiger partial charge is 0.493 e. The predicted octanol–water partition coefficient (Wildman–Crippen LogP) is 3.52. The number of carbonyl (C=O) groups is 1. The van der Waals surface area contributed by atoms with Gasteiger partial charge in [0.25, 0.3) is 5.91 Å². The van der Waals surface area contributed by atoms with Crippen LogP contribution in [-0.2, 0) is 0 Å². The summed E-state index contributed by atoms with van der Waals surface area (Å²) in [7, 11) is 0. The van der Waals surface area contributed by atoms with Gasteiger partial charge in [0.2, 0.25) is 0 Å². The van der Waals surface area contributed by atoms with Crippen molar-refractivity contribution < 1.29 is 9.53 Å². The minimum Gasteiger partial charge on any atom is -0.493 e. The van der Waals surface area contributed by atoms with E-state index < -0.39 is 0 Å². The molecule has 2 aromatic carbocycles. The van der Waals surface area contributed by atoms with Crippen LogP contribution in [0.15, 0.2) is 67.3 Å². The van der Waals surface area contributed by atoms with E-state index in [0.717, 1.165) is 11.4 Å². The highest BCUT2D eigenvalue weighted by molar-refractivity contribution is 6.06. The summed E-state index contributed by atoms with van der Waals surface area (Å²) in [5.74, 6) is 0.395. The van der Waals surface area contributed by atoms with Crippen LogP contribution in [0, 0.1) is 0 Å². The highest BCUT2D eigenvalue weighted by Crippen LogP contribution is 2.20. The van der Waals surface area contributed by atoms with Crippen LogP contribution >= 0.6 is 0 Å². The van der Waals surface area contributed by atoms with Crippen molar-refractivity contribution in [2.75, 3.05) is 11.9 Å². The summed E-state index contributed by atoms with van der Waals surface area (Å²) in [5.41, 5.74) is 2.23. The van der Waals surface area contributed by atoms with Gasteiger partial charge in [0, 0.05) is 23.8 Å². The fraction of sp³-hybridized carbons (Fsp3) is 0.111. The molecule has 0 fully saturated rings. The SMILES string of the molecule is CCOc1ccccc1C(=O)Nc1ccc(-n2ccnc2)cc1. The van der Waals surface area contributed by atoms with Crippen molar-refractivity contribution in [1.29, 1.82) is 0 Å². The number of imidazole rings is 1. The summed E-state index contributed by atoms with van der Waals surface area (Å²) in [6.07, 6.45) is 5.32. The number of nitrogens with zero attached hydrogens (tertiary/aromatic N) is 2. The van der Waals surface area contributed by atoms with Crippen LogP contribution in [0.2, 0.25) is 0 Å². The number of aromatic nitrogens is 2. The van der Waals surface area contributed by atoms with Crippen molar-refractivity contribution in [3.8, 4) is 11.4 Å². The van der Waals surface area contributed by atoms with Crippen LogP contribution < -0.4 is 10.1 Å². The Morgan fingerprint density at radius 2 is 1.96 bits per heavy atom. The fourth-order valence-corrected chi connectivity index (χ4v) is 2.26. The lowest BCUT2D eigenvalue weighted by molar-refractivity contribution is 0.102. The lowest BCUT2D eigenvalue weighted by Gasteiger charge is -2.11. The molecule has 0 bridgehead atoms. The Morgan fingerprint density at radius 1 is 1.17 bits per heavy atom. The van der Waals surface area contributed by atoms with Crippen LogP contribution in [0.3, 0.4) is 0 Å². The first kappa shape index (κ1) is 14.8. The maximum absolute atomic E-state index is 12.4. The van der Waals surface area contributed by atoms with Gasteiger partial charge in [-0.2, -0.15) is 0 Å². The lowest BCUT2D eigenvalue weighted by atomic mass is 10.2. The van der Waals surface area contributed by atoms with Gasteiger partial charge in [-0.3, -0.25) is 4.79 Å². The minimum atomic E-state index is -0.190. The van der Waals surface area contributed by atoms with Gasteiger partial charge in [0.15, 0.2) is 0 Å². The van der Waals surface area contributed by atoms with Gasteiger partial charge < -0.3 is 14.6 Å². The number of carbonyl (C=O) groups excluding carboxylic acids is 1. The molecule has 0 spiro atoms. The number of hydrogen-bond donors (Lipinski definition) is 1. The molecule has 0 aliphatic heterocycles. The van der Waals surface area contributed by atoms with Gasteiger partial charge in [-0.05, 0) is 43.3 Å².